The number of sulfone groups is 1. The number of hydrogen-bond acceptors (Lipinski definition) is 3. The first-order chi connectivity index (χ1) is 9.45. The Bertz CT molecular complexity index is 527. The van der Waals surface area contributed by atoms with Gasteiger partial charge in [0.05, 0.1) is 5.25 Å². The second-order valence-electron chi connectivity index (χ2n) is 5.65. The number of benzene rings is 1. The van der Waals surface area contributed by atoms with E-state index < -0.39 is 9.84 Å². The quantitative estimate of drug-likeness (QED) is 0.907. The second kappa shape index (κ2) is 6.68. The van der Waals surface area contributed by atoms with Gasteiger partial charge in [0, 0.05) is 12.3 Å². The first-order valence-electron chi connectivity index (χ1n) is 7.12. The van der Waals surface area contributed by atoms with Gasteiger partial charge >= 0.3 is 0 Å². The molecule has 0 radical (unpaired) electrons. The third-order valence-electron chi connectivity index (χ3n) is 3.99. The molecule has 0 amide bonds. The SMILES string of the molecule is CS(=O)(=O)C1CCCC(NCCc2ccc(F)cc2)C1. The van der Waals surface area contributed by atoms with Gasteiger partial charge in [-0.25, -0.2) is 12.8 Å². The fraction of sp³-hybridized carbons (Fsp3) is 0.600. The van der Waals surface area contributed by atoms with Gasteiger partial charge in [0.1, 0.15) is 15.7 Å². The first-order valence-corrected chi connectivity index (χ1v) is 9.07. The predicted molar refractivity (Wildman–Crippen MR) is 79.0 cm³/mol. The number of halogens is 1. The van der Waals surface area contributed by atoms with Gasteiger partial charge in [-0.1, -0.05) is 18.6 Å². The van der Waals surface area contributed by atoms with Crippen molar-refractivity contribution in [3.8, 4) is 0 Å². The molecule has 1 saturated carbocycles. The minimum atomic E-state index is -2.92. The smallest absolute Gasteiger partial charge is 0.150 e. The zero-order valence-electron chi connectivity index (χ0n) is 11.8. The Morgan fingerprint density at radius 3 is 2.60 bits per heavy atom. The van der Waals surface area contributed by atoms with Crippen molar-refractivity contribution in [1.82, 2.24) is 5.32 Å². The van der Waals surface area contributed by atoms with Crippen LogP contribution in [0.25, 0.3) is 0 Å². The zero-order valence-corrected chi connectivity index (χ0v) is 12.6. The van der Waals surface area contributed by atoms with Crippen LogP contribution in [0, 0.1) is 5.82 Å². The molecule has 2 unspecified atom stereocenters. The van der Waals surface area contributed by atoms with Crippen molar-refractivity contribution >= 4 is 9.84 Å². The molecule has 1 fully saturated rings. The maximum Gasteiger partial charge on any atom is 0.150 e. The summed E-state index contributed by atoms with van der Waals surface area (Å²) >= 11 is 0. The fourth-order valence-corrected chi connectivity index (χ4v) is 3.97. The normalized spacial score (nSPS) is 23.7. The average Bonchev–Trinajstić information content (AvgIpc) is 2.40. The van der Waals surface area contributed by atoms with Crippen LogP contribution < -0.4 is 5.32 Å². The van der Waals surface area contributed by atoms with E-state index >= 15 is 0 Å². The Morgan fingerprint density at radius 2 is 1.95 bits per heavy atom. The lowest BCUT2D eigenvalue weighted by Gasteiger charge is -2.28. The van der Waals surface area contributed by atoms with Crippen molar-refractivity contribution in [2.24, 2.45) is 0 Å². The molecular formula is C15H22FNO2S. The van der Waals surface area contributed by atoms with E-state index in [1.165, 1.54) is 18.4 Å². The molecule has 20 heavy (non-hydrogen) atoms. The summed E-state index contributed by atoms with van der Waals surface area (Å²) < 4.78 is 36.0. The molecule has 0 aromatic heterocycles. The Morgan fingerprint density at radius 1 is 1.25 bits per heavy atom. The van der Waals surface area contributed by atoms with Gasteiger partial charge in [-0.15, -0.1) is 0 Å². The van der Waals surface area contributed by atoms with E-state index in [0.717, 1.165) is 37.8 Å². The summed E-state index contributed by atoms with van der Waals surface area (Å²) in [5.41, 5.74) is 1.09. The van der Waals surface area contributed by atoms with Gasteiger partial charge in [0.25, 0.3) is 0 Å². The molecule has 0 bridgehead atoms. The summed E-state index contributed by atoms with van der Waals surface area (Å²) in [7, 11) is -2.92. The minimum Gasteiger partial charge on any atom is -0.314 e. The van der Waals surface area contributed by atoms with Crippen molar-refractivity contribution in [2.75, 3.05) is 12.8 Å². The van der Waals surface area contributed by atoms with E-state index in [2.05, 4.69) is 5.32 Å². The van der Waals surface area contributed by atoms with Crippen LogP contribution in [0.1, 0.15) is 31.2 Å². The van der Waals surface area contributed by atoms with E-state index in [4.69, 9.17) is 0 Å². The molecule has 0 aliphatic heterocycles. The summed E-state index contributed by atoms with van der Waals surface area (Å²) in [5.74, 6) is -0.218. The molecule has 3 nitrogen and oxygen atoms in total. The molecule has 1 N–H and O–H groups in total. The maximum atomic E-state index is 12.8. The molecular weight excluding hydrogens is 277 g/mol. The molecule has 1 aliphatic carbocycles. The topological polar surface area (TPSA) is 46.2 Å². The second-order valence-corrected chi connectivity index (χ2v) is 7.97. The monoisotopic (exact) mass is 299 g/mol. The molecule has 0 heterocycles. The maximum absolute atomic E-state index is 12.8. The number of nitrogens with one attached hydrogen (secondary N) is 1. The lowest BCUT2D eigenvalue weighted by molar-refractivity contribution is 0.374. The van der Waals surface area contributed by atoms with Crippen LogP contribution in [-0.4, -0.2) is 32.5 Å². The van der Waals surface area contributed by atoms with Crippen LogP contribution >= 0.6 is 0 Å². The number of rotatable bonds is 5. The van der Waals surface area contributed by atoms with Crippen molar-refractivity contribution in [2.45, 2.75) is 43.4 Å². The van der Waals surface area contributed by atoms with Gasteiger partial charge < -0.3 is 5.32 Å². The Labute approximate surface area is 120 Å². The van der Waals surface area contributed by atoms with Crippen molar-refractivity contribution in [3.63, 3.8) is 0 Å². The zero-order chi connectivity index (χ0) is 14.6. The van der Waals surface area contributed by atoms with Crippen LogP contribution in [0.5, 0.6) is 0 Å². The lowest BCUT2D eigenvalue weighted by Crippen LogP contribution is -2.39. The molecule has 5 heteroatoms. The van der Waals surface area contributed by atoms with Crippen LogP contribution in [0.15, 0.2) is 24.3 Å². The third-order valence-corrected chi connectivity index (χ3v) is 5.63. The van der Waals surface area contributed by atoms with E-state index in [9.17, 15) is 12.8 Å². The molecule has 0 saturated heterocycles. The van der Waals surface area contributed by atoms with Gasteiger partial charge in [0.15, 0.2) is 0 Å². The Hall–Kier alpha value is -0.940. The highest BCUT2D eigenvalue weighted by atomic mass is 32.2. The Kier molecular flexibility index (Phi) is 5.16. The summed E-state index contributed by atoms with van der Waals surface area (Å²) in [6.45, 7) is 0.798. The highest BCUT2D eigenvalue weighted by molar-refractivity contribution is 7.91. The van der Waals surface area contributed by atoms with E-state index in [1.807, 2.05) is 0 Å². The highest BCUT2D eigenvalue weighted by Crippen LogP contribution is 2.23. The van der Waals surface area contributed by atoms with E-state index in [1.54, 1.807) is 12.1 Å². The van der Waals surface area contributed by atoms with Gasteiger partial charge in [-0.2, -0.15) is 0 Å². The van der Waals surface area contributed by atoms with Crippen LogP contribution in [0.2, 0.25) is 0 Å². The fourth-order valence-electron chi connectivity index (χ4n) is 2.79. The molecule has 1 aliphatic rings. The van der Waals surface area contributed by atoms with Gasteiger partial charge in [-0.3, -0.25) is 0 Å². The predicted octanol–water partition coefficient (Wildman–Crippen LogP) is 2.31. The summed E-state index contributed by atoms with van der Waals surface area (Å²) in [6.07, 6.45) is 5.66. The van der Waals surface area contributed by atoms with Gasteiger partial charge in [-0.05, 0) is 49.9 Å². The van der Waals surface area contributed by atoms with E-state index in [-0.39, 0.29) is 17.1 Å². The molecule has 2 rings (SSSR count). The van der Waals surface area contributed by atoms with Crippen LogP contribution in [0.3, 0.4) is 0 Å². The standard InChI is InChI=1S/C15H22FNO2S/c1-20(18,19)15-4-2-3-14(11-15)17-10-9-12-5-7-13(16)8-6-12/h5-8,14-15,17H,2-4,9-11H2,1H3. The number of hydrogen-bond donors (Lipinski definition) is 1. The van der Waals surface area contributed by atoms with Crippen LogP contribution in [-0.2, 0) is 16.3 Å². The molecule has 2 atom stereocenters. The first kappa shape index (κ1) is 15.4. The van der Waals surface area contributed by atoms with Crippen molar-refractivity contribution < 1.29 is 12.8 Å². The summed E-state index contributed by atoms with van der Waals surface area (Å²) in [6, 6.07) is 6.79. The third kappa shape index (κ3) is 4.56. The summed E-state index contributed by atoms with van der Waals surface area (Å²) in [4.78, 5) is 0. The van der Waals surface area contributed by atoms with Gasteiger partial charge in [0.2, 0.25) is 0 Å². The Balaban J connectivity index is 1.78. The largest absolute Gasteiger partial charge is 0.314 e. The molecule has 0 spiro atoms. The van der Waals surface area contributed by atoms with Crippen LogP contribution in [0.4, 0.5) is 4.39 Å². The van der Waals surface area contributed by atoms with Crippen molar-refractivity contribution in [1.29, 1.82) is 0 Å². The highest BCUT2D eigenvalue weighted by Gasteiger charge is 2.28. The average molecular weight is 299 g/mol. The lowest BCUT2D eigenvalue weighted by atomic mass is 9.95. The molecule has 1 aromatic carbocycles. The molecule has 112 valence electrons. The minimum absolute atomic E-state index is 0.195. The molecule has 1 aromatic rings. The van der Waals surface area contributed by atoms with E-state index in [0.29, 0.717) is 6.42 Å². The summed E-state index contributed by atoms with van der Waals surface area (Å²) in [5, 5.41) is 3.23. The van der Waals surface area contributed by atoms with Crippen molar-refractivity contribution in [3.05, 3.63) is 35.6 Å².